The quantitative estimate of drug-likeness (QED) is 0.0679. The molecule has 0 saturated heterocycles. The van der Waals surface area contributed by atoms with E-state index in [-0.39, 0.29) is 28.5 Å². The fourth-order valence-corrected chi connectivity index (χ4v) is 5.85. The number of nitrogens with zero attached hydrogens (tertiary/aromatic N) is 2. The van der Waals surface area contributed by atoms with E-state index in [4.69, 9.17) is 28.4 Å². The second-order valence-corrected chi connectivity index (χ2v) is 20.4. The van der Waals surface area contributed by atoms with Gasteiger partial charge in [0.2, 0.25) is 5.96 Å². The second kappa shape index (κ2) is 20.4. The highest BCUT2D eigenvalue weighted by molar-refractivity contribution is 7.87. The first-order valence-electron chi connectivity index (χ1n) is 19.5. The van der Waals surface area contributed by atoms with Crippen molar-refractivity contribution in [2.45, 2.75) is 151 Å². The number of hydrogen-bond donors (Lipinski definition) is 3. The van der Waals surface area contributed by atoms with E-state index in [9.17, 15) is 37.2 Å². The molecule has 0 radical (unpaired) electrons. The average molecular weight is 892 g/mol. The van der Waals surface area contributed by atoms with E-state index in [2.05, 4.69) is 20.3 Å². The molecule has 3 amide bonds. The predicted octanol–water partition coefficient (Wildman–Crippen LogP) is 6.96. The van der Waals surface area contributed by atoms with Gasteiger partial charge in [-0.15, -0.1) is 0 Å². The highest BCUT2D eigenvalue weighted by Crippen LogP contribution is 2.23. The van der Waals surface area contributed by atoms with Crippen LogP contribution in [-0.2, 0) is 50.0 Å². The number of aliphatic imine (C=N–C) groups is 1. The van der Waals surface area contributed by atoms with Crippen LogP contribution < -0.4 is 20.1 Å². The SMILES string of the molecule is CC(C)(C)OC(=O)C[C@H](NS(=O)(=O)N(Cc1cccc(OC(=O)c2ccc(N=C(NC(=O)OC(C)(C)C)NC(=O)OC(C)(C)C)cc2)c1)C(=O)OC(C)(C)C)C(=O)OC(C)(C)C. The van der Waals surface area contributed by atoms with Crippen molar-refractivity contribution in [1.29, 1.82) is 0 Å². The van der Waals surface area contributed by atoms with Crippen molar-refractivity contribution >= 4 is 58.0 Å². The number of esters is 3. The van der Waals surface area contributed by atoms with Gasteiger partial charge >= 0.3 is 46.4 Å². The van der Waals surface area contributed by atoms with Crippen LogP contribution in [0.3, 0.4) is 0 Å². The van der Waals surface area contributed by atoms with Gasteiger partial charge in [0.1, 0.15) is 39.8 Å². The number of carbonyl (C=O) groups excluding carboxylic acids is 6. The minimum Gasteiger partial charge on any atom is -0.460 e. The molecule has 3 N–H and O–H groups in total. The number of rotatable bonds is 11. The van der Waals surface area contributed by atoms with Crippen LogP contribution in [0.5, 0.6) is 5.75 Å². The van der Waals surface area contributed by atoms with Gasteiger partial charge in [-0.25, -0.2) is 24.2 Å². The highest BCUT2D eigenvalue weighted by atomic mass is 32.2. The largest absolute Gasteiger partial charge is 0.460 e. The fourth-order valence-electron chi connectivity index (χ4n) is 4.63. The van der Waals surface area contributed by atoms with Crippen LogP contribution in [0, 0.1) is 0 Å². The Morgan fingerprint density at radius 3 is 1.60 bits per heavy atom. The number of alkyl carbamates (subject to hydrolysis) is 2. The summed E-state index contributed by atoms with van der Waals surface area (Å²) in [6, 6.07) is 9.37. The number of carbonyl (C=O) groups is 6. The molecule has 0 heterocycles. The monoisotopic (exact) mass is 891 g/mol. The van der Waals surface area contributed by atoms with Gasteiger partial charge in [0.25, 0.3) is 0 Å². The summed E-state index contributed by atoms with van der Waals surface area (Å²) < 4.78 is 62.6. The van der Waals surface area contributed by atoms with E-state index in [0.717, 1.165) is 0 Å². The van der Waals surface area contributed by atoms with Crippen molar-refractivity contribution in [3.63, 3.8) is 0 Å². The Bertz CT molecular complexity index is 2050. The summed E-state index contributed by atoms with van der Waals surface area (Å²) in [5.74, 6) is -3.20. The first-order valence-corrected chi connectivity index (χ1v) is 20.9. The van der Waals surface area contributed by atoms with Gasteiger partial charge in [0.15, 0.2) is 0 Å². The molecule has 0 saturated carbocycles. The maximum atomic E-state index is 14.0. The van der Waals surface area contributed by atoms with Crippen LogP contribution >= 0.6 is 0 Å². The molecule has 20 heteroatoms. The zero-order valence-corrected chi connectivity index (χ0v) is 38.9. The standard InChI is InChI=1S/C42H61N5O14S/c1-38(2,3)57-31(48)24-30(33(50)58-39(4,5)6)46-62(54,55)47(37(53)61-42(13,14)15)25-26-17-16-18-29(23-26)56-32(49)27-19-21-28(22-20-27)43-34(44-35(51)59-40(7,8)9)45-36(52)60-41(10,11)12/h16-23,30,46H,24-25H2,1-15H3,(H2,43,44,45,51,52)/t30-/m0/s1. The topological polar surface area (TPSA) is 244 Å². The number of benzene rings is 2. The lowest BCUT2D eigenvalue weighted by molar-refractivity contribution is -0.164. The summed E-state index contributed by atoms with van der Waals surface area (Å²) in [7, 11) is -4.98. The van der Waals surface area contributed by atoms with Crippen molar-refractivity contribution in [2.75, 3.05) is 0 Å². The summed E-state index contributed by atoms with van der Waals surface area (Å²) in [5, 5.41) is 4.73. The molecule has 344 valence electrons. The first-order chi connectivity index (χ1) is 28.0. The van der Waals surface area contributed by atoms with Gasteiger partial charge < -0.3 is 28.4 Å². The Kier molecular flexibility index (Phi) is 17.2. The zero-order valence-electron chi connectivity index (χ0n) is 38.1. The third kappa shape index (κ3) is 20.7. The molecule has 0 aliphatic carbocycles. The molecular weight excluding hydrogens is 831 g/mol. The van der Waals surface area contributed by atoms with E-state index < -0.39 is 93.4 Å². The number of ether oxygens (including phenoxy) is 6. The lowest BCUT2D eigenvalue weighted by Crippen LogP contribution is -2.52. The Labute approximate surface area is 363 Å². The van der Waals surface area contributed by atoms with Crippen molar-refractivity contribution in [3.8, 4) is 5.75 Å². The smallest absolute Gasteiger partial charge is 0.425 e. The molecule has 0 bridgehead atoms. The van der Waals surface area contributed by atoms with Crippen LogP contribution in [0.15, 0.2) is 53.5 Å². The van der Waals surface area contributed by atoms with Gasteiger partial charge in [0, 0.05) is 0 Å². The molecule has 2 aromatic rings. The molecule has 19 nitrogen and oxygen atoms in total. The van der Waals surface area contributed by atoms with E-state index >= 15 is 0 Å². The normalized spacial score (nSPS) is 12.8. The number of nitrogens with one attached hydrogen (secondary N) is 3. The van der Waals surface area contributed by atoms with E-state index in [0.29, 0.717) is 4.31 Å². The molecule has 0 unspecified atom stereocenters. The van der Waals surface area contributed by atoms with Crippen LogP contribution in [0.25, 0.3) is 0 Å². The molecule has 0 fully saturated rings. The maximum absolute atomic E-state index is 14.0. The molecular formula is C42H61N5O14S. The molecule has 0 spiro atoms. The maximum Gasteiger partial charge on any atom is 0.425 e. The number of hydrogen-bond acceptors (Lipinski definition) is 15. The molecule has 0 aromatic heterocycles. The lowest BCUT2D eigenvalue weighted by atomic mass is 10.1. The molecule has 0 aliphatic heterocycles. The summed E-state index contributed by atoms with van der Waals surface area (Å²) in [4.78, 5) is 82.0. The summed E-state index contributed by atoms with van der Waals surface area (Å²) >= 11 is 0. The van der Waals surface area contributed by atoms with Gasteiger partial charge in [-0.05, 0) is 146 Å². The Balaban J connectivity index is 2.41. The molecule has 1 atom stereocenters. The van der Waals surface area contributed by atoms with Crippen molar-refractivity contribution in [2.24, 2.45) is 4.99 Å². The summed E-state index contributed by atoms with van der Waals surface area (Å²) in [6.45, 7) is 23.3. The Morgan fingerprint density at radius 2 is 1.13 bits per heavy atom. The van der Waals surface area contributed by atoms with E-state index in [1.165, 1.54) is 69.3 Å². The minimum absolute atomic E-state index is 0.0361. The van der Waals surface area contributed by atoms with Crippen molar-refractivity contribution in [3.05, 3.63) is 59.7 Å². The molecule has 2 aromatic carbocycles. The van der Waals surface area contributed by atoms with Crippen molar-refractivity contribution in [1.82, 2.24) is 19.7 Å². The average Bonchev–Trinajstić information content (AvgIpc) is 3.03. The lowest BCUT2D eigenvalue weighted by Gasteiger charge is -2.29. The highest BCUT2D eigenvalue weighted by Gasteiger charge is 2.38. The Hall–Kier alpha value is -5.76. The van der Waals surface area contributed by atoms with Crippen molar-refractivity contribution < 1.29 is 65.6 Å². The van der Waals surface area contributed by atoms with E-state index in [1.807, 2.05) is 0 Å². The van der Waals surface area contributed by atoms with E-state index in [1.54, 1.807) is 83.1 Å². The molecule has 0 aliphatic rings. The van der Waals surface area contributed by atoms with Crippen LogP contribution in [0.2, 0.25) is 0 Å². The van der Waals surface area contributed by atoms with Crippen LogP contribution in [0.4, 0.5) is 20.1 Å². The van der Waals surface area contributed by atoms with Gasteiger partial charge in [0.05, 0.1) is 24.2 Å². The first kappa shape index (κ1) is 52.4. The van der Waals surface area contributed by atoms with Gasteiger partial charge in [-0.2, -0.15) is 17.4 Å². The van der Waals surface area contributed by atoms with Gasteiger partial charge in [-0.3, -0.25) is 20.2 Å². The van der Waals surface area contributed by atoms with Crippen LogP contribution in [0.1, 0.15) is 126 Å². The number of guanidine groups is 1. The molecule has 62 heavy (non-hydrogen) atoms. The number of amides is 3. The second-order valence-electron chi connectivity index (χ2n) is 18.8. The third-order valence-electron chi connectivity index (χ3n) is 6.68. The van der Waals surface area contributed by atoms with Gasteiger partial charge in [-0.1, -0.05) is 12.1 Å². The zero-order chi connectivity index (χ0) is 47.6. The molecule has 2 rings (SSSR count). The summed E-state index contributed by atoms with van der Waals surface area (Å²) in [6.07, 6.45) is -3.89. The third-order valence-corrected chi connectivity index (χ3v) is 8.12. The predicted molar refractivity (Wildman–Crippen MR) is 228 cm³/mol. The minimum atomic E-state index is -4.98. The Morgan fingerprint density at radius 1 is 0.645 bits per heavy atom. The summed E-state index contributed by atoms with van der Waals surface area (Å²) in [5.41, 5.74) is -4.50. The van der Waals surface area contributed by atoms with Crippen LogP contribution in [-0.4, -0.2) is 88.9 Å². The fraction of sp³-hybridized carbons (Fsp3) is 0.548.